The van der Waals surface area contributed by atoms with Gasteiger partial charge in [-0.05, 0) is 56.3 Å². The number of rotatable bonds is 8. The normalized spacial score (nSPS) is 19.6. The first-order valence-corrected chi connectivity index (χ1v) is 9.74. The molecule has 2 unspecified atom stereocenters. The Morgan fingerprint density at radius 3 is 2.84 bits per heavy atom. The van der Waals surface area contributed by atoms with Crippen LogP contribution in [0.3, 0.4) is 0 Å². The molecular formula is C22H31N3. The fourth-order valence-corrected chi connectivity index (χ4v) is 3.83. The van der Waals surface area contributed by atoms with Gasteiger partial charge in [0.1, 0.15) is 0 Å². The maximum absolute atomic E-state index is 4.22. The van der Waals surface area contributed by atoms with Gasteiger partial charge in [-0.15, -0.1) is 0 Å². The summed E-state index contributed by atoms with van der Waals surface area (Å²) >= 11 is 0. The Labute approximate surface area is 152 Å². The van der Waals surface area contributed by atoms with E-state index >= 15 is 0 Å². The van der Waals surface area contributed by atoms with E-state index in [1.165, 1.54) is 49.8 Å². The van der Waals surface area contributed by atoms with Crippen molar-refractivity contribution < 1.29 is 0 Å². The van der Waals surface area contributed by atoms with Gasteiger partial charge in [0.05, 0.1) is 0 Å². The molecule has 3 heteroatoms. The lowest BCUT2D eigenvalue weighted by molar-refractivity contribution is 0.140. The van der Waals surface area contributed by atoms with E-state index in [-0.39, 0.29) is 0 Å². The van der Waals surface area contributed by atoms with E-state index in [9.17, 15) is 0 Å². The van der Waals surface area contributed by atoms with Crippen LogP contribution >= 0.6 is 0 Å². The van der Waals surface area contributed by atoms with Crippen LogP contribution in [0.15, 0.2) is 54.9 Å². The highest BCUT2D eigenvalue weighted by Crippen LogP contribution is 2.21. The molecular weight excluding hydrogens is 306 g/mol. The lowest BCUT2D eigenvalue weighted by Crippen LogP contribution is -2.43. The summed E-state index contributed by atoms with van der Waals surface area (Å²) in [6.07, 6.45) is 10.4. The van der Waals surface area contributed by atoms with E-state index < -0.39 is 0 Å². The van der Waals surface area contributed by atoms with Gasteiger partial charge in [0.15, 0.2) is 0 Å². The highest BCUT2D eigenvalue weighted by Gasteiger charge is 2.21. The molecule has 1 aliphatic heterocycles. The van der Waals surface area contributed by atoms with Gasteiger partial charge in [-0.3, -0.25) is 9.88 Å². The van der Waals surface area contributed by atoms with Crippen LogP contribution in [0.4, 0.5) is 0 Å². The molecule has 1 N–H and O–H groups in total. The number of hydrogen-bond donors (Lipinski definition) is 1. The van der Waals surface area contributed by atoms with Crippen molar-refractivity contribution in [3.63, 3.8) is 0 Å². The van der Waals surface area contributed by atoms with Crippen LogP contribution in [0, 0.1) is 0 Å². The molecule has 0 spiro atoms. The lowest BCUT2D eigenvalue weighted by atomic mass is 9.96. The predicted molar refractivity (Wildman–Crippen MR) is 105 cm³/mol. The number of benzene rings is 1. The first-order valence-electron chi connectivity index (χ1n) is 9.74. The molecule has 1 fully saturated rings. The molecule has 25 heavy (non-hydrogen) atoms. The average molecular weight is 338 g/mol. The van der Waals surface area contributed by atoms with E-state index in [0.29, 0.717) is 6.04 Å². The summed E-state index contributed by atoms with van der Waals surface area (Å²) in [6, 6.07) is 16.2. The maximum atomic E-state index is 4.22. The summed E-state index contributed by atoms with van der Waals surface area (Å²) in [5, 5.41) is 3.66. The molecule has 2 atom stereocenters. The fourth-order valence-electron chi connectivity index (χ4n) is 3.83. The average Bonchev–Trinajstić information content (AvgIpc) is 2.68. The van der Waals surface area contributed by atoms with Crippen LogP contribution in [0.25, 0.3) is 0 Å². The van der Waals surface area contributed by atoms with Crippen LogP contribution in [-0.4, -0.2) is 35.6 Å². The van der Waals surface area contributed by atoms with Gasteiger partial charge >= 0.3 is 0 Å². The Bertz CT molecular complexity index is 599. The fraction of sp³-hybridized carbons (Fsp3) is 0.500. The molecule has 2 aromatic rings. The minimum atomic E-state index is 0.362. The summed E-state index contributed by atoms with van der Waals surface area (Å²) in [5.74, 6) is 0. The summed E-state index contributed by atoms with van der Waals surface area (Å²) < 4.78 is 0. The Hall–Kier alpha value is -1.71. The summed E-state index contributed by atoms with van der Waals surface area (Å²) in [6.45, 7) is 5.66. The Morgan fingerprint density at radius 1 is 1.16 bits per heavy atom. The third kappa shape index (κ3) is 5.65. The monoisotopic (exact) mass is 337 g/mol. The number of nitrogens with one attached hydrogen (secondary N) is 1. The molecule has 0 aliphatic carbocycles. The van der Waals surface area contributed by atoms with Crippen LogP contribution < -0.4 is 5.32 Å². The lowest BCUT2D eigenvalue weighted by Gasteiger charge is -2.36. The number of pyridine rings is 1. The molecule has 0 amide bonds. The quantitative estimate of drug-likeness (QED) is 0.782. The van der Waals surface area contributed by atoms with Crippen LogP contribution in [-0.2, 0) is 6.42 Å². The van der Waals surface area contributed by atoms with Gasteiger partial charge in [0.2, 0.25) is 0 Å². The highest BCUT2D eigenvalue weighted by atomic mass is 15.2. The largest absolute Gasteiger partial charge is 0.309 e. The predicted octanol–water partition coefficient (Wildman–Crippen LogP) is 4.22. The third-order valence-corrected chi connectivity index (χ3v) is 5.39. The SMILES string of the molecule is CC(NCCN1CCCCC1CCc1ccccc1)c1cccnc1. The van der Waals surface area contributed by atoms with Crippen molar-refractivity contribution in [2.24, 2.45) is 0 Å². The van der Waals surface area contributed by atoms with Gasteiger partial charge in [-0.25, -0.2) is 0 Å². The number of nitrogens with zero attached hydrogens (tertiary/aromatic N) is 2. The molecule has 1 aliphatic rings. The van der Waals surface area contributed by atoms with E-state index in [1.54, 1.807) is 0 Å². The maximum Gasteiger partial charge on any atom is 0.0315 e. The summed E-state index contributed by atoms with van der Waals surface area (Å²) in [7, 11) is 0. The molecule has 1 saturated heterocycles. The van der Waals surface area contributed by atoms with E-state index in [0.717, 1.165) is 19.1 Å². The van der Waals surface area contributed by atoms with Crippen molar-refractivity contribution >= 4 is 0 Å². The van der Waals surface area contributed by atoms with Crippen molar-refractivity contribution in [2.45, 2.75) is 51.1 Å². The molecule has 3 rings (SSSR count). The Balaban J connectivity index is 1.44. The zero-order valence-corrected chi connectivity index (χ0v) is 15.4. The molecule has 134 valence electrons. The third-order valence-electron chi connectivity index (χ3n) is 5.39. The first kappa shape index (κ1) is 18.1. The van der Waals surface area contributed by atoms with Gasteiger partial charge < -0.3 is 5.32 Å². The Kier molecular flexibility index (Phi) is 7.01. The van der Waals surface area contributed by atoms with Gasteiger partial charge in [-0.1, -0.05) is 42.8 Å². The van der Waals surface area contributed by atoms with E-state index in [4.69, 9.17) is 0 Å². The van der Waals surface area contributed by atoms with Crippen molar-refractivity contribution in [2.75, 3.05) is 19.6 Å². The smallest absolute Gasteiger partial charge is 0.0315 e. The van der Waals surface area contributed by atoms with Gasteiger partial charge in [0, 0.05) is 37.6 Å². The van der Waals surface area contributed by atoms with E-state index in [1.807, 2.05) is 18.5 Å². The van der Waals surface area contributed by atoms with Crippen LogP contribution in [0.1, 0.15) is 49.8 Å². The standard InChI is InChI=1S/C22H31N3/c1-19(21-10-7-14-23-18-21)24-15-17-25-16-6-5-11-22(25)13-12-20-8-3-2-4-9-20/h2-4,7-10,14,18-19,22,24H,5-6,11-13,15-17H2,1H3. The summed E-state index contributed by atoms with van der Waals surface area (Å²) in [4.78, 5) is 6.92. The number of piperidine rings is 1. The van der Waals surface area contributed by atoms with Crippen LogP contribution in [0.5, 0.6) is 0 Å². The summed E-state index contributed by atoms with van der Waals surface area (Å²) in [5.41, 5.74) is 2.73. The molecule has 0 bridgehead atoms. The number of hydrogen-bond acceptors (Lipinski definition) is 3. The van der Waals surface area contributed by atoms with E-state index in [2.05, 4.69) is 58.5 Å². The minimum Gasteiger partial charge on any atom is -0.309 e. The molecule has 1 aromatic heterocycles. The second kappa shape index (κ2) is 9.69. The van der Waals surface area contributed by atoms with Gasteiger partial charge in [0.25, 0.3) is 0 Å². The molecule has 1 aromatic carbocycles. The van der Waals surface area contributed by atoms with Gasteiger partial charge in [-0.2, -0.15) is 0 Å². The minimum absolute atomic E-state index is 0.362. The van der Waals surface area contributed by atoms with Crippen molar-refractivity contribution in [3.05, 3.63) is 66.0 Å². The second-order valence-corrected chi connectivity index (χ2v) is 7.17. The molecule has 3 nitrogen and oxygen atoms in total. The highest BCUT2D eigenvalue weighted by molar-refractivity contribution is 5.15. The van der Waals surface area contributed by atoms with Crippen molar-refractivity contribution in [1.29, 1.82) is 0 Å². The zero-order chi connectivity index (χ0) is 17.3. The van der Waals surface area contributed by atoms with Crippen LogP contribution in [0.2, 0.25) is 0 Å². The number of aryl methyl sites for hydroxylation is 1. The molecule has 0 saturated carbocycles. The molecule has 0 radical (unpaired) electrons. The number of aromatic nitrogens is 1. The van der Waals surface area contributed by atoms with Crippen molar-refractivity contribution in [3.8, 4) is 0 Å². The second-order valence-electron chi connectivity index (χ2n) is 7.17. The zero-order valence-electron chi connectivity index (χ0n) is 15.4. The topological polar surface area (TPSA) is 28.2 Å². The molecule has 2 heterocycles. The van der Waals surface area contributed by atoms with Crippen molar-refractivity contribution in [1.82, 2.24) is 15.2 Å². The number of likely N-dealkylation sites (tertiary alicyclic amines) is 1. The first-order chi connectivity index (χ1) is 12.3. The Morgan fingerprint density at radius 2 is 2.04 bits per heavy atom.